The summed E-state index contributed by atoms with van der Waals surface area (Å²) >= 11 is 0. The number of hydrogen-bond acceptors (Lipinski definition) is 3. The summed E-state index contributed by atoms with van der Waals surface area (Å²) in [6.07, 6.45) is 6.59. The third kappa shape index (κ3) is 4.53. The predicted molar refractivity (Wildman–Crippen MR) is 117 cm³/mol. The first-order valence-corrected chi connectivity index (χ1v) is 10.7. The number of nitrogens with zero attached hydrogens (tertiary/aromatic N) is 2. The van der Waals surface area contributed by atoms with Gasteiger partial charge in [-0.25, -0.2) is 0 Å². The lowest BCUT2D eigenvalue weighted by Gasteiger charge is -2.21. The third-order valence-electron chi connectivity index (χ3n) is 5.96. The number of nitrogens with two attached hydrogens (primary N) is 1. The number of rotatable bonds is 7. The number of amides is 2. The molecule has 1 fully saturated rings. The Morgan fingerprint density at radius 1 is 1.03 bits per heavy atom. The van der Waals surface area contributed by atoms with E-state index >= 15 is 0 Å². The summed E-state index contributed by atoms with van der Waals surface area (Å²) in [5, 5.41) is 8.26. The van der Waals surface area contributed by atoms with Crippen molar-refractivity contribution in [2.75, 3.05) is 0 Å². The van der Waals surface area contributed by atoms with Crippen molar-refractivity contribution >= 4 is 22.7 Å². The fraction of sp³-hybridized carbons (Fsp3) is 0.375. The highest BCUT2D eigenvalue weighted by atomic mass is 16.2. The van der Waals surface area contributed by atoms with Gasteiger partial charge in [-0.1, -0.05) is 67.8 Å². The molecule has 2 amide bonds. The minimum atomic E-state index is -0.790. The maximum Gasteiger partial charge on any atom is 0.273 e. The molecule has 1 aromatic heterocycles. The number of hydrogen-bond donors (Lipinski definition) is 2. The van der Waals surface area contributed by atoms with Crippen molar-refractivity contribution in [1.29, 1.82) is 0 Å². The summed E-state index contributed by atoms with van der Waals surface area (Å²) in [5.74, 6) is -0.333. The van der Waals surface area contributed by atoms with E-state index in [1.807, 2.05) is 59.3 Å². The van der Waals surface area contributed by atoms with Gasteiger partial charge in [0.2, 0.25) is 5.91 Å². The molecule has 6 nitrogen and oxygen atoms in total. The molecule has 1 aliphatic rings. The van der Waals surface area contributed by atoms with Gasteiger partial charge in [0, 0.05) is 18.4 Å². The van der Waals surface area contributed by atoms with Gasteiger partial charge in [-0.15, -0.1) is 0 Å². The molecule has 6 heteroatoms. The first-order chi connectivity index (χ1) is 14.6. The number of carbonyl (C=O) groups excluding carboxylic acids is 2. The molecular weight excluding hydrogens is 376 g/mol. The van der Waals surface area contributed by atoms with Crippen LogP contribution in [0.3, 0.4) is 0 Å². The summed E-state index contributed by atoms with van der Waals surface area (Å²) < 4.78 is 1.96. The Kier molecular flexibility index (Phi) is 6.12. The van der Waals surface area contributed by atoms with E-state index in [1.165, 1.54) is 32.1 Å². The Balaban J connectivity index is 1.56. The molecule has 0 aliphatic heterocycles. The molecule has 3 aromatic rings. The van der Waals surface area contributed by atoms with Gasteiger partial charge in [-0.2, -0.15) is 5.10 Å². The van der Waals surface area contributed by atoms with E-state index in [4.69, 9.17) is 5.73 Å². The zero-order valence-corrected chi connectivity index (χ0v) is 17.1. The lowest BCUT2D eigenvalue weighted by atomic mass is 9.89. The van der Waals surface area contributed by atoms with E-state index in [2.05, 4.69) is 10.4 Å². The fourth-order valence-electron chi connectivity index (χ4n) is 4.35. The number of primary amides is 1. The third-order valence-corrected chi connectivity index (χ3v) is 5.96. The second kappa shape index (κ2) is 9.11. The molecule has 0 radical (unpaired) electrons. The predicted octanol–water partition coefficient (Wildman–Crippen LogP) is 3.44. The van der Waals surface area contributed by atoms with E-state index in [1.54, 1.807) is 0 Å². The Hall–Kier alpha value is -3.15. The largest absolute Gasteiger partial charge is 0.368 e. The number of fused-ring (bicyclic) bond motifs is 1. The van der Waals surface area contributed by atoms with Gasteiger partial charge in [0.1, 0.15) is 6.04 Å². The van der Waals surface area contributed by atoms with E-state index in [0.717, 1.165) is 23.0 Å². The van der Waals surface area contributed by atoms with Crippen molar-refractivity contribution in [3.8, 4) is 0 Å². The van der Waals surface area contributed by atoms with Gasteiger partial charge in [0.05, 0.1) is 5.52 Å². The van der Waals surface area contributed by atoms with Crippen LogP contribution in [0.4, 0.5) is 0 Å². The molecule has 1 saturated carbocycles. The van der Waals surface area contributed by atoms with Crippen molar-refractivity contribution in [3.63, 3.8) is 0 Å². The van der Waals surface area contributed by atoms with Crippen LogP contribution in [0.15, 0.2) is 54.6 Å². The summed E-state index contributed by atoms with van der Waals surface area (Å²) in [6, 6.07) is 16.5. The van der Waals surface area contributed by atoms with E-state index in [-0.39, 0.29) is 5.91 Å². The normalized spacial score (nSPS) is 15.7. The van der Waals surface area contributed by atoms with Crippen molar-refractivity contribution in [1.82, 2.24) is 15.1 Å². The molecular formula is C24H28N4O2. The molecule has 0 saturated heterocycles. The van der Waals surface area contributed by atoms with Crippen molar-refractivity contribution in [2.45, 2.75) is 51.1 Å². The minimum absolute atomic E-state index is 0.348. The van der Waals surface area contributed by atoms with Crippen LogP contribution in [0.25, 0.3) is 10.9 Å². The second-order valence-electron chi connectivity index (χ2n) is 8.17. The summed E-state index contributed by atoms with van der Waals surface area (Å²) in [7, 11) is 0. The average Bonchev–Trinajstić information content (AvgIpc) is 3.13. The Bertz CT molecular complexity index is 1020. The van der Waals surface area contributed by atoms with Crippen LogP contribution in [-0.4, -0.2) is 27.6 Å². The van der Waals surface area contributed by atoms with Crippen molar-refractivity contribution in [3.05, 3.63) is 65.9 Å². The van der Waals surface area contributed by atoms with Gasteiger partial charge >= 0.3 is 0 Å². The van der Waals surface area contributed by atoms with Crippen LogP contribution in [0.1, 0.15) is 48.2 Å². The number of carbonyl (C=O) groups is 2. The van der Waals surface area contributed by atoms with Gasteiger partial charge < -0.3 is 11.1 Å². The van der Waals surface area contributed by atoms with Crippen LogP contribution in [0.5, 0.6) is 0 Å². The summed E-state index contributed by atoms with van der Waals surface area (Å²) in [4.78, 5) is 25.1. The maximum absolute atomic E-state index is 13.1. The highest BCUT2D eigenvalue weighted by molar-refractivity contribution is 6.06. The Morgan fingerprint density at radius 2 is 1.73 bits per heavy atom. The molecule has 2 aromatic carbocycles. The van der Waals surface area contributed by atoms with E-state index in [9.17, 15) is 9.59 Å². The van der Waals surface area contributed by atoms with Crippen LogP contribution >= 0.6 is 0 Å². The summed E-state index contributed by atoms with van der Waals surface area (Å²) in [5.41, 5.74) is 7.81. The quantitative estimate of drug-likeness (QED) is 0.632. The standard InChI is InChI=1S/C24H28N4O2/c25-23(29)20(15-17-9-3-1-4-10-17)26-24(30)22-19-13-7-8-14-21(19)28(27-22)16-18-11-5-2-6-12-18/h1,3-4,7-10,13-14,18,20H,2,5-6,11-12,15-16H2,(H2,25,29)(H,26,30)/t20-/m1/s1. The van der Waals surface area contributed by atoms with Gasteiger partial charge in [-0.3, -0.25) is 14.3 Å². The molecule has 4 rings (SSSR count). The van der Waals surface area contributed by atoms with Crippen molar-refractivity contribution in [2.24, 2.45) is 11.7 Å². The van der Waals surface area contributed by atoms with Gasteiger partial charge in [0.15, 0.2) is 5.69 Å². The zero-order valence-electron chi connectivity index (χ0n) is 17.1. The molecule has 0 bridgehead atoms. The van der Waals surface area contributed by atoms with E-state index in [0.29, 0.717) is 18.0 Å². The molecule has 1 heterocycles. The highest BCUT2D eigenvalue weighted by Crippen LogP contribution is 2.27. The lowest BCUT2D eigenvalue weighted by Crippen LogP contribution is -2.46. The Labute approximate surface area is 176 Å². The van der Waals surface area contributed by atoms with Crippen LogP contribution in [0, 0.1) is 5.92 Å². The summed E-state index contributed by atoms with van der Waals surface area (Å²) in [6.45, 7) is 0.817. The molecule has 1 aliphatic carbocycles. The number of aromatic nitrogens is 2. The molecule has 30 heavy (non-hydrogen) atoms. The van der Waals surface area contributed by atoms with E-state index < -0.39 is 11.9 Å². The number of para-hydroxylation sites is 1. The first-order valence-electron chi connectivity index (χ1n) is 10.7. The SMILES string of the molecule is NC(=O)[C@@H](Cc1ccccc1)NC(=O)c1nn(CC2CCCCC2)c2ccccc12. The minimum Gasteiger partial charge on any atom is -0.368 e. The maximum atomic E-state index is 13.1. The highest BCUT2D eigenvalue weighted by Gasteiger charge is 2.24. The average molecular weight is 405 g/mol. The van der Waals surface area contributed by atoms with Crippen molar-refractivity contribution < 1.29 is 9.59 Å². The first kappa shape index (κ1) is 20.1. The molecule has 3 N–H and O–H groups in total. The lowest BCUT2D eigenvalue weighted by molar-refractivity contribution is -0.119. The molecule has 0 spiro atoms. The Morgan fingerprint density at radius 3 is 2.47 bits per heavy atom. The smallest absolute Gasteiger partial charge is 0.273 e. The molecule has 0 unspecified atom stereocenters. The second-order valence-corrected chi connectivity index (χ2v) is 8.17. The molecule has 156 valence electrons. The zero-order chi connectivity index (χ0) is 20.9. The fourth-order valence-corrected chi connectivity index (χ4v) is 4.35. The van der Waals surface area contributed by atoms with Crippen LogP contribution < -0.4 is 11.1 Å². The number of nitrogens with one attached hydrogen (secondary N) is 1. The topological polar surface area (TPSA) is 90.0 Å². The van der Waals surface area contributed by atoms with Crippen LogP contribution in [-0.2, 0) is 17.8 Å². The molecule has 1 atom stereocenters. The number of benzene rings is 2. The monoisotopic (exact) mass is 404 g/mol. The van der Waals surface area contributed by atoms with Crippen LogP contribution in [0.2, 0.25) is 0 Å². The van der Waals surface area contributed by atoms with Gasteiger partial charge in [0.25, 0.3) is 5.91 Å². The van der Waals surface area contributed by atoms with Gasteiger partial charge in [-0.05, 0) is 30.4 Å².